The highest BCUT2D eigenvalue weighted by atomic mass is 16.5. The van der Waals surface area contributed by atoms with Crippen LogP contribution in [-0.2, 0) is 16.0 Å². The Balaban J connectivity index is 1.46. The molecule has 190 valence electrons. The number of nitrogens with zero attached hydrogens (tertiary/aromatic N) is 2. The number of nitrogens with one attached hydrogen (secondary N) is 3. The molecular weight excluding hydrogens is 470 g/mol. The molecule has 1 saturated heterocycles. The second-order valence-electron chi connectivity index (χ2n) is 9.66. The summed E-state index contributed by atoms with van der Waals surface area (Å²) in [6, 6.07) is 13.5. The molecule has 2 aliphatic rings. The van der Waals surface area contributed by atoms with Crippen molar-refractivity contribution < 1.29 is 19.1 Å². The molecule has 3 heterocycles. The van der Waals surface area contributed by atoms with Crippen molar-refractivity contribution in [3.8, 4) is 11.8 Å². The van der Waals surface area contributed by atoms with Crippen LogP contribution in [0.1, 0.15) is 46.1 Å². The summed E-state index contributed by atoms with van der Waals surface area (Å²) in [5.74, 6) is -0.510. The van der Waals surface area contributed by atoms with E-state index >= 15 is 0 Å². The van der Waals surface area contributed by atoms with Gasteiger partial charge in [0.2, 0.25) is 11.8 Å². The minimum atomic E-state index is -0.904. The molecule has 5 rings (SSSR count). The largest absolute Gasteiger partial charge is 0.496 e. The van der Waals surface area contributed by atoms with Crippen molar-refractivity contribution in [3.63, 3.8) is 0 Å². The summed E-state index contributed by atoms with van der Waals surface area (Å²) in [7, 11) is 1.58. The van der Waals surface area contributed by atoms with Crippen LogP contribution in [0.5, 0.6) is 5.75 Å². The first kappa shape index (κ1) is 24.4. The number of aryl methyl sites for hydroxylation is 1. The van der Waals surface area contributed by atoms with E-state index in [9.17, 15) is 19.6 Å². The molecule has 0 unspecified atom stereocenters. The first-order chi connectivity index (χ1) is 17.9. The van der Waals surface area contributed by atoms with Gasteiger partial charge in [0, 0.05) is 29.9 Å². The molecule has 1 aromatic heterocycles. The van der Waals surface area contributed by atoms with Crippen molar-refractivity contribution >= 4 is 28.6 Å². The summed E-state index contributed by atoms with van der Waals surface area (Å²) >= 11 is 0. The maximum Gasteiger partial charge on any atom is 0.271 e. The minimum absolute atomic E-state index is 0.0981. The van der Waals surface area contributed by atoms with Crippen molar-refractivity contribution in [2.24, 2.45) is 5.92 Å². The SMILES string of the molecule is COc1cccc2[nH]c(C(=O)N3CCc4cc(C)ccc4[C@H]3C(=O)N[C@H](C#N)C[C@@H]3CCNC3=O)cc12. The topological polar surface area (TPSA) is 127 Å². The molecule has 3 N–H and O–H groups in total. The lowest BCUT2D eigenvalue weighted by molar-refractivity contribution is -0.127. The van der Waals surface area contributed by atoms with Gasteiger partial charge in [-0.15, -0.1) is 0 Å². The number of benzene rings is 2. The summed E-state index contributed by atoms with van der Waals surface area (Å²) in [4.78, 5) is 44.2. The highest BCUT2D eigenvalue weighted by Gasteiger charge is 2.38. The van der Waals surface area contributed by atoms with Gasteiger partial charge < -0.3 is 25.3 Å². The number of hydrogen-bond acceptors (Lipinski definition) is 5. The molecule has 0 radical (unpaired) electrons. The van der Waals surface area contributed by atoms with Crippen LogP contribution in [0.3, 0.4) is 0 Å². The van der Waals surface area contributed by atoms with Gasteiger partial charge in [0.05, 0.1) is 13.2 Å². The van der Waals surface area contributed by atoms with Gasteiger partial charge in [-0.25, -0.2) is 0 Å². The molecule has 0 bridgehead atoms. The third-order valence-corrected chi connectivity index (χ3v) is 7.27. The fourth-order valence-corrected chi connectivity index (χ4v) is 5.38. The highest BCUT2D eigenvalue weighted by Crippen LogP contribution is 2.33. The van der Waals surface area contributed by atoms with Crippen LogP contribution in [-0.4, -0.2) is 53.8 Å². The Morgan fingerprint density at radius 2 is 2.11 bits per heavy atom. The number of nitriles is 1. The van der Waals surface area contributed by atoms with Crippen LogP contribution in [0.15, 0.2) is 42.5 Å². The van der Waals surface area contributed by atoms with Gasteiger partial charge in [-0.2, -0.15) is 5.26 Å². The molecule has 0 saturated carbocycles. The van der Waals surface area contributed by atoms with Crippen molar-refractivity contribution in [3.05, 3.63) is 64.8 Å². The van der Waals surface area contributed by atoms with Crippen molar-refractivity contribution in [1.29, 1.82) is 5.26 Å². The first-order valence-electron chi connectivity index (χ1n) is 12.4. The second-order valence-corrected chi connectivity index (χ2v) is 9.66. The molecular formula is C28H29N5O4. The number of aromatic amines is 1. The van der Waals surface area contributed by atoms with Crippen LogP contribution < -0.4 is 15.4 Å². The number of fused-ring (bicyclic) bond motifs is 2. The quantitative estimate of drug-likeness (QED) is 0.481. The molecule has 9 heteroatoms. The molecule has 3 atom stereocenters. The van der Waals surface area contributed by atoms with Crippen molar-refractivity contribution in [2.75, 3.05) is 20.2 Å². The molecule has 2 aliphatic heterocycles. The Morgan fingerprint density at radius 1 is 1.27 bits per heavy atom. The molecule has 37 heavy (non-hydrogen) atoms. The van der Waals surface area contributed by atoms with E-state index in [-0.39, 0.29) is 24.2 Å². The maximum atomic E-state index is 13.8. The fourth-order valence-electron chi connectivity index (χ4n) is 5.38. The Bertz CT molecular complexity index is 1420. The van der Waals surface area contributed by atoms with E-state index in [0.29, 0.717) is 37.4 Å². The van der Waals surface area contributed by atoms with Gasteiger partial charge in [-0.3, -0.25) is 14.4 Å². The summed E-state index contributed by atoms with van der Waals surface area (Å²) in [5.41, 5.74) is 3.93. The van der Waals surface area contributed by atoms with Gasteiger partial charge in [-0.05, 0) is 55.5 Å². The Morgan fingerprint density at radius 3 is 2.84 bits per heavy atom. The lowest BCUT2D eigenvalue weighted by Gasteiger charge is -2.36. The highest BCUT2D eigenvalue weighted by molar-refractivity contribution is 6.02. The van der Waals surface area contributed by atoms with E-state index in [0.717, 1.165) is 27.6 Å². The first-order valence-corrected chi connectivity index (χ1v) is 12.4. The third kappa shape index (κ3) is 4.62. The normalized spacial score (nSPS) is 19.6. The number of hydrogen-bond donors (Lipinski definition) is 3. The van der Waals surface area contributed by atoms with Crippen molar-refractivity contribution in [2.45, 2.75) is 38.3 Å². The number of ether oxygens (including phenoxy) is 1. The fraction of sp³-hybridized carbons (Fsp3) is 0.357. The Labute approximate surface area is 214 Å². The van der Waals surface area contributed by atoms with E-state index in [1.165, 1.54) is 0 Å². The van der Waals surface area contributed by atoms with Gasteiger partial charge in [-0.1, -0.05) is 29.8 Å². The van der Waals surface area contributed by atoms with E-state index in [1.54, 1.807) is 18.1 Å². The van der Waals surface area contributed by atoms with Crippen molar-refractivity contribution in [1.82, 2.24) is 20.5 Å². The predicted molar refractivity (Wildman–Crippen MR) is 137 cm³/mol. The molecule has 0 spiro atoms. The van der Waals surface area contributed by atoms with E-state index in [4.69, 9.17) is 4.74 Å². The predicted octanol–water partition coefficient (Wildman–Crippen LogP) is 2.76. The zero-order valence-electron chi connectivity index (χ0n) is 20.8. The zero-order valence-corrected chi connectivity index (χ0v) is 20.8. The number of amides is 3. The van der Waals surface area contributed by atoms with E-state index in [1.807, 2.05) is 43.3 Å². The Kier molecular flexibility index (Phi) is 6.57. The maximum absolute atomic E-state index is 13.8. The third-order valence-electron chi connectivity index (χ3n) is 7.27. The van der Waals surface area contributed by atoms with Gasteiger partial charge in [0.1, 0.15) is 23.5 Å². The smallest absolute Gasteiger partial charge is 0.271 e. The molecule has 9 nitrogen and oxygen atoms in total. The zero-order chi connectivity index (χ0) is 26.1. The van der Waals surface area contributed by atoms with Gasteiger partial charge in [0.15, 0.2) is 0 Å². The summed E-state index contributed by atoms with van der Waals surface area (Å²) in [6.45, 7) is 2.91. The van der Waals surface area contributed by atoms with E-state index in [2.05, 4.69) is 21.7 Å². The van der Waals surface area contributed by atoms with E-state index < -0.39 is 18.0 Å². The number of rotatable bonds is 6. The minimum Gasteiger partial charge on any atom is -0.496 e. The molecule has 1 fully saturated rings. The second kappa shape index (κ2) is 9.97. The van der Waals surface area contributed by atoms with Crippen LogP contribution in [0.4, 0.5) is 0 Å². The number of methoxy groups -OCH3 is 1. The van der Waals surface area contributed by atoms with Crippen LogP contribution >= 0.6 is 0 Å². The lowest BCUT2D eigenvalue weighted by atomic mass is 9.90. The Hall–Kier alpha value is -4.32. The lowest BCUT2D eigenvalue weighted by Crippen LogP contribution is -2.49. The van der Waals surface area contributed by atoms with Gasteiger partial charge >= 0.3 is 0 Å². The average Bonchev–Trinajstić information content (AvgIpc) is 3.52. The number of H-pyrrole nitrogens is 1. The molecule has 0 aliphatic carbocycles. The molecule has 2 aromatic carbocycles. The number of carbonyl (C=O) groups excluding carboxylic acids is 3. The number of aromatic nitrogens is 1. The van der Waals surface area contributed by atoms with Crippen LogP contribution in [0, 0.1) is 24.2 Å². The standard InChI is InChI=1S/C28H29N5O4/c1-16-6-7-20-17(12-16)9-11-33(28(36)23-14-21-22(32-23)4-3-5-24(21)37-2)25(20)27(35)31-19(15-29)13-18-8-10-30-26(18)34/h3-7,12,14,18-19,25,32H,8-11,13H2,1-2H3,(H,30,34)(H,31,35)/t18-,19-,25-/m0/s1. The average molecular weight is 500 g/mol. The van der Waals surface area contributed by atoms with Crippen LogP contribution in [0.2, 0.25) is 0 Å². The van der Waals surface area contributed by atoms with Gasteiger partial charge in [0.25, 0.3) is 5.91 Å². The van der Waals surface area contributed by atoms with Crippen LogP contribution in [0.25, 0.3) is 10.9 Å². The summed E-state index contributed by atoms with van der Waals surface area (Å²) < 4.78 is 5.43. The molecule has 3 aromatic rings. The monoisotopic (exact) mass is 499 g/mol. The summed E-state index contributed by atoms with van der Waals surface area (Å²) in [5, 5.41) is 16.1. The molecule has 3 amide bonds. The summed E-state index contributed by atoms with van der Waals surface area (Å²) in [6.07, 6.45) is 1.48. The number of carbonyl (C=O) groups is 3.